The fourth-order valence-electron chi connectivity index (χ4n) is 3.02. The Hall–Kier alpha value is -3.84. The molecule has 4 rings (SSSR count). The van der Waals surface area contributed by atoms with E-state index >= 15 is 0 Å². The lowest BCUT2D eigenvalue weighted by molar-refractivity contribution is -0.118. The molecule has 4 aromatic rings. The number of anilines is 1. The highest BCUT2D eigenvalue weighted by Crippen LogP contribution is 2.27. The van der Waals surface area contributed by atoms with Gasteiger partial charge in [0.15, 0.2) is 15.8 Å². The second-order valence-electron chi connectivity index (χ2n) is 7.63. The van der Waals surface area contributed by atoms with Crippen molar-refractivity contribution in [3.8, 4) is 11.4 Å². The van der Waals surface area contributed by atoms with Crippen LogP contribution in [0.15, 0.2) is 59.1 Å². The summed E-state index contributed by atoms with van der Waals surface area (Å²) in [6.07, 6.45) is 2.29. The number of thioether (sulfide) groups is 1. The lowest BCUT2D eigenvalue weighted by atomic mass is 10.2. The zero-order chi connectivity index (χ0) is 26.2. The van der Waals surface area contributed by atoms with Crippen molar-refractivity contribution in [3.05, 3.63) is 77.6 Å². The molecule has 2 amide bonds. The maximum atomic E-state index is 13.3. The summed E-state index contributed by atoms with van der Waals surface area (Å²) < 4.78 is 33.9. The molecule has 0 saturated carbocycles. The van der Waals surface area contributed by atoms with Crippen LogP contribution in [0, 0.1) is 11.6 Å². The highest BCUT2D eigenvalue weighted by atomic mass is 32.2. The van der Waals surface area contributed by atoms with Gasteiger partial charge in [0.1, 0.15) is 11.6 Å². The summed E-state index contributed by atoms with van der Waals surface area (Å²) in [5, 5.41) is 17.9. The van der Waals surface area contributed by atoms with Crippen LogP contribution in [0.5, 0.6) is 5.75 Å². The summed E-state index contributed by atoms with van der Waals surface area (Å²) in [5.41, 5.74) is 1.39. The maximum Gasteiger partial charge on any atom is 0.281 e. The third-order valence-corrected chi connectivity index (χ3v) is 6.78. The van der Waals surface area contributed by atoms with Crippen LogP contribution in [0.4, 0.5) is 13.9 Å². The topological polar surface area (TPSA) is 111 Å². The molecular formula is C24H22F2N6O3S2. The summed E-state index contributed by atoms with van der Waals surface area (Å²) in [7, 11) is 0. The third-order valence-electron chi connectivity index (χ3n) is 4.81. The molecule has 13 heteroatoms. The molecule has 192 valence electrons. The first-order valence-corrected chi connectivity index (χ1v) is 13.0. The molecule has 0 fully saturated rings. The number of hydrogen-bond acceptors (Lipinski definition) is 8. The summed E-state index contributed by atoms with van der Waals surface area (Å²) in [4.78, 5) is 25.1. The second kappa shape index (κ2) is 12.4. The van der Waals surface area contributed by atoms with Crippen molar-refractivity contribution in [1.82, 2.24) is 25.3 Å². The van der Waals surface area contributed by atoms with Gasteiger partial charge in [0.05, 0.1) is 24.2 Å². The number of amides is 2. The monoisotopic (exact) mass is 544 g/mol. The average Bonchev–Trinajstić information content (AvgIpc) is 3.53. The summed E-state index contributed by atoms with van der Waals surface area (Å²) in [6, 6.07) is 11.5. The Balaban J connectivity index is 1.35. The minimum Gasteiger partial charge on any atom is -0.489 e. The van der Waals surface area contributed by atoms with E-state index in [1.54, 1.807) is 18.3 Å². The number of nitrogens with one attached hydrogen (secondary N) is 2. The largest absolute Gasteiger partial charge is 0.489 e. The number of carbonyl (C=O) groups is 2. The molecule has 2 heterocycles. The Labute approximate surface area is 219 Å². The zero-order valence-corrected chi connectivity index (χ0v) is 21.2. The molecule has 0 aliphatic rings. The van der Waals surface area contributed by atoms with E-state index in [9.17, 15) is 18.4 Å². The maximum absolute atomic E-state index is 13.3. The first kappa shape index (κ1) is 26.2. The van der Waals surface area contributed by atoms with Crippen molar-refractivity contribution in [2.24, 2.45) is 0 Å². The summed E-state index contributed by atoms with van der Waals surface area (Å²) in [5.74, 6) is -1.11. The average molecular weight is 545 g/mol. The lowest BCUT2D eigenvalue weighted by Gasteiger charge is -2.04. The first-order valence-electron chi connectivity index (χ1n) is 11.2. The Bertz CT molecular complexity index is 1360. The van der Waals surface area contributed by atoms with E-state index in [0.29, 0.717) is 16.6 Å². The number of rotatable bonds is 11. The lowest BCUT2D eigenvalue weighted by Crippen LogP contribution is -2.24. The van der Waals surface area contributed by atoms with Crippen molar-refractivity contribution < 1.29 is 23.1 Å². The first-order chi connectivity index (χ1) is 17.9. The minimum atomic E-state index is -0.545. The normalized spacial score (nSPS) is 10.8. The van der Waals surface area contributed by atoms with Gasteiger partial charge >= 0.3 is 0 Å². The van der Waals surface area contributed by atoms with E-state index < -0.39 is 5.91 Å². The van der Waals surface area contributed by atoms with Crippen molar-refractivity contribution in [2.45, 2.75) is 24.2 Å². The Kier molecular flexibility index (Phi) is 8.80. The van der Waals surface area contributed by atoms with Crippen LogP contribution in [-0.2, 0) is 11.3 Å². The van der Waals surface area contributed by atoms with Gasteiger partial charge in [-0.05, 0) is 48.4 Å². The van der Waals surface area contributed by atoms with Gasteiger partial charge in [-0.2, -0.15) is 5.10 Å². The van der Waals surface area contributed by atoms with Crippen molar-refractivity contribution in [2.75, 3.05) is 17.7 Å². The smallest absolute Gasteiger partial charge is 0.281 e. The van der Waals surface area contributed by atoms with E-state index in [1.165, 1.54) is 52.8 Å². The second-order valence-corrected chi connectivity index (χ2v) is 9.83. The van der Waals surface area contributed by atoms with Crippen molar-refractivity contribution in [1.29, 1.82) is 0 Å². The van der Waals surface area contributed by atoms with Crippen LogP contribution in [0.3, 0.4) is 0 Å². The minimum absolute atomic E-state index is 0.0438. The van der Waals surface area contributed by atoms with Crippen LogP contribution in [0.25, 0.3) is 5.69 Å². The van der Waals surface area contributed by atoms with Gasteiger partial charge < -0.3 is 10.1 Å². The SMILES string of the molecule is CCCOc1cn(-c2ccc(F)cc2)nc1C(=O)Nc1nnc(SCC(=O)NCc2ccc(F)cc2)s1. The fourth-order valence-corrected chi connectivity index (χ4v) is 4.59. The quantitative estimate of drug-likeness (QED) is 0.212. The molecule has 0 aliphatic heterocycles. The number of nitrogens with zero attached hydrogens (tertiary/aromatic N) is 4. The fraction of sp³-hybridized carbons (Fsp3) is 0.208. The van der Waals surface area contributed by atoms with Gasteiger partial charge in [-0.1, -0.05) is 42.2 Å². The van der Waals surface area contributed by atoms with Crippen LogP contribution >= 0.6 is 23.1 Å². The number of benzene rings is 2. The van der Waals surface area contributed by atoms with Crippen LogP contribution in [0.1, 0.15) is 29.4 Å². The molecule has 0 radical (unpaired) electrons. The molecule has 37 heavy (non-hydrogen) atoms. The van der Waals surface area contributed by atoms with Gasteiger partial charge in [0.2, 0.25) is 11.0 Å². The van der Waals surface area contributed by atoms with Gasteiger partial charge in [0.25, 0.3) is 5.91 Å². The summed E-state index contributed by atoms with van der Waals surface area (Å²) >= 11 is 2.29. The van der Waals surface area contributed by atoms with Gasteiger partial charge in [-0.15, -0.1) is 10.2 Å². The number of halogens is 2. The zero-order valence-electron chi connectivity index (χ0n) is 19.6. The molecular weight excluding hydrogens is 522 g/mol. The molecule has 2 aromatic heterocycles. The molecule has 2 N–H and O–H groups in total. The molecule has 0 saturated heterocycles. The van der Waals surface area contributed by atoms with Crippen molar-refractivity contribution >= 4 is 40.0 Å². The standard InChI is InChI=1S/C24H22F2N6O3S2/c1-2-11-35-19-13-32(18-9-7-17(26)8-10-18)31-21(19)22(34)28-23-29-30-24(37-23)36-14-20(33)27-12-15-3-5-16(25)6-4-15/h3-10,13H,2,11-12,14H2,1H3,(H,27,33)(H,28,29,34). The number of hydrogen-bond donors (Lipinski definition) is 2. The van der Waals surface area contributed by atoms with Gasteiger partial charge in [-0.3, -0.25) is 14.9 Å². The molecule has 2 aromatic carbocycles. The Morgan fingerprint density at radius 2 is 1.76 bits per heavy atom. The van der Waals surface area contributed by atoms with E-state index in [4.69, 9.17) is 4.74 Å². The molecule has 0 unspecified atom stereocenters. The molecule has 0 aliphatic carbocycles. The Morgan fingerprint density at radius 1 is 1.05 bits per heavy atom. The molecule has 0 spiro atoms. The van der Waals surface area contributed by atoms with E-state index in [2.05, 4.69) is 25.9 Å². The Morgan fingerprint density at radius 3 is 2.46 bits per heavy atom. The van der Waals surface area contributed by atoms with Crippen molar-refractivity contribution in [3.63, 3.8) is 0 Å². The van der Waals surface area contributed by atoms with Crippen LogP contribution in [-0.4, -0.2) is 44.2 Å². The van der Waals surface area contributed by atoms with Gasteiger partial charge in [-0.25, -0.2) is 13.5 Å². The highest BCUT2D eigenvalue weighted by molar-refractivity contribution is 8.01. The van der Waals surface area contributed by atoms with Gasteiger partial charge in [0, 0.05) is 6.54 Å². The van der Waals surface area contributed by atoms with Crippen LogP contribution < -0.4 is 15.4 Å². The highest BCUT2D eigenvalue weighted by Gasteiger charge is 2.21. The third kappa shape index (κ3) is 7.33. The molecule has 0 atom stereocenters. The van der Waals surface area contributed by atoms with E-state index in [-0.39, 0.29) is 46.4 Å². The molecule has 0 bridgehead atoms. The number of ether oxygens (including phenoxy) is 1. The number of carbonyl (C=O) groups excluding carboxylic acids is 2. The summed E-state index contributed by atoms with van der Waals surface area (Å²) in [6.45, 7) is 2.61. The number of aromatic nitrogens is 4. The van der Waals surface area contributed by atoms with Crippen LogP contribution in [0.2, 0.25) is 0 Å². The predicted molar refractivity (Wildman–Crippen MR) is 136 cm³/mol. The predicted octanol–water partition coefficient (Wildman–Crippen LogP) is 4.45. The van der Waals surface area contributed by atoms with E-state index in [0.717, 1.165) is 23.3 Å². The molecule has 9 nitrogen and oxygen atoms in total. The van der Waals surface area contributed by atoms with E-state index in [1.807, 2.05) is 6.92 Å².